The summed E-state index contributed by atoms with van der Waals surface area (Å²) in [6, 6.07) is 5.72. The van der Waals surface area contributed by atoms with Crippen molar-refractivity contribution >= 4 is 10.0 Å². The van der Waals surface area contributed by atoms with E-state index in [0.717, 1.165) is 36.8 Å². The molecule has 0 bridgehead atoms. The van der Waals surface area contributed by atoms with E-state index >= 15 is 0 Å². The molecule has 1 fully saturated rings. The minimum Gasteiger partial charge on any atom is -0.316 e. The van der Waals surface area contributed by atoms with Gasteiger partial charge in [0, 0.05) is 12.1 Å². The van der Waals surface area contributed by atoms with Gasteiger partial charge in [-0.25, -0.2) is 13.1 Å². The highest BCUT2D eigenvalue weighted by Crippen LogP contribution is 2.31. The molecule has 0 saturated heterocycles. The third-order valence-electron chi connectivity index (χ3n) is 4.27. The van der Waals surface area contributed by atoms with Crippen LogP contribution in [0.5, 0.6) is 0 Å². The highest BCUT2D eigenvalue weighted by molar-refractivity contribution is 7.89. The van der Waals surface area contributed by atoms with Crippen LogP contribution in [0.3, 0.4) is 0 Å². The monoisotopic (exact) mass is 310 g/mol. The van der Waals surface area contributed by atoms with Crippen LogP contribution in [0.25, 0.3) is 0 Å². The van der Waals surface area contributed by atoms with Crippen LogP contribution in [0.15, 0.2) is 23.1 Å². The average Bonchev–Trinajstić information content (AvgIpc) is 2.84. The maximum absolute atomic E-state index is 12.8. The van der Waals surface area contributed by atoms with Crippen molar-refractivity contribution < 1.29 is 8.42 Å². The molecule has 0 radical (unpaired) electrons. The molecule has 0 unspecified atom stereocenters. The Labute approximate surface area is 128 Å². The quantitative estimate of drug-likeness (QED) is 0.849. The first kappa shape index (κ1) is 16.5. The Bertz CT molecular complexity index is 590. The van der Waals surface area contributed by atoms with E-state index in [1.165, 1.54) is 0 Å². The van der Waals surface area contributed by atoms with Gasteiger partial charge < -0.3 is 5.32 Å². The van der Waals surface area contributed by atoms with Gasteiger partial charge in [-0.1, -0.05) is 31.9 Å². The maximum atomic E-state index is 12.8. The first-order chi connectivity index (χ1) is 9.90. The van der Waals surface area contributed by atoms with Crippen molar-refractivity contribution in [2.24, 2.45) is 0 Å². The van der Waals surface area contributed by atoms with Crippen LogP contribution in [0.4, 0.5) is 0 Å². The molecule has 0 aliphatic heterocycles. The van der Waals surface area contributed by atoms with Crippen LogP contribution < -0.4 is 10.0 Å². The summed E-state index contributed by atoms with van der Waals surface area (Å²) in [7, 11) is -1.60. The van der Waals surface area contributed by atoms with Gasteiger partial charge in [-0.05, 0) is 50.4 Å². The molecular formula is C16H26N2O2S. The van der Waals surface area contributed by atoms with E-state index in [-0.39, 0.29) is 5.54 Å². The molecule has 1 aliphatic rings. The van der Waals surface area contributed by atoms with Crippen molar-refractivity contribution in [3.05, 3.63) is 29.3 Å². The summed E-state index contributed by atoms with van der Waals surface area (Å²) < 4.78 is 28.5. The summed E-state index contributed by atoms with van der Waals surface area (Å²) in [4.78, 5) is 0.436. The second-order valence-electron chi connectivity index (χ2n) is 6.20. The molecule has 0 aromatic heterocycles. The Kier molecular flexibility index (Phi) is 5.07. The number of hydrogen-bond acceptors (Lipinski definition) is 3. The normalized spacial score (nSPS) is 18.0. The Morgan fingerprint density at radius 3 is 2.48 bits per heavy atom. The largest absolute Gasteiger partial charge is 0.316 e. The molecule has 1 aromatic rings. The van der Waals surface area contributed by atoms with Gasteiger partial charge in [0.05, 0.1) is 4.90 Å². The molecule has 0 spiro atoms. The molecule has 0 amide bonds. The van der Waals surface area contributed by atoms with Gasteiger partial charge in [0.15, 0.2) is 0 Å². The van der Waals surface area contributed by atoms with Crippen LogP contribution in [0.2, 0.25) is 0 Å². The van der Waals surface area contributed by atoms with Crippen LogP contribution >= 0.6 is 0 Å². The lowest BCUT2D eigenvalue weighted by atomic mass is 10.0. The molecular weight excluding hydrogens is 284 g/mol. The van der Waals surface area contributed by atoms with E-state index in [2.05, 4.69) is 10.0 Å². The molecule has 4 nitrogen and oxygen atoms in total. The van der Waals surface area contributed by atoms with Crippen molar-refractivity contribution in [1.29, 1.82) is 0 Å². The molecule has 1 aliphatic carbocycles. The minimum absolute atomic E-state index is 0.289. The zero-order valence-corrected chi connectivity index (χ0v) is 14.0. The fourth-order valence-electron chi connectivity index (χ4n) is 3.09. The molecule has 2 N–H and O–H groups in total. The Morgan fingerprint density at radius 1 is 1.24 bits per heavy atom. The van der Waals surface area contributed by atoms with E-state index in [1.807, 2.05) is 33.0 Å². The summed E-state index contributed by atoms with van der Waals surface area (Å²) >= 11 is 0. The summed E-state index contributed by atoms with van der Waals surface area (Å²) in [6.45, 7) is 4.67. The molecule has 1 saturated carbocycles. The summed E-state index contributed by atoms with van der Waals surface area (Å²) in [5.41, 5.74) is 1.58. The predicted molar refractivity (Wildman–Crippen MR) is 85.8 cm³/mol. The number of sulfonamides is 1. The van der Waals surface area contributed by atoms with Gasteiger partial charge in [0.2, 0.25) is 10.0 Å². The van der Waals surface area contributed by atoms with Crippen molar-refractivity contribution in [1.82, 2.24) is 10.0 Å². The number of aryl methyl sites for hydroxylation is 1. The standard InChI is InChI=1S/C16H26N2O2S/c1-4-14-8-7-13(12-17-3)11-15(14)21(19,20)18-16(2)9-5-6-10-16/h7-8,11,17-18H,4-6,9-10,12H2,1-3H3. The fourth-order valence-corrected chi connectivity index (χ4v) is 4.92. The smallest absolute Gasteiger partial charge is 0.241 e. The van der Waals surface area contributed by atoms with E-state index in [9.17, 15) is 8.42 Å². The van der Waals surface area contributed by atoms with Gasteiger partial charge in [0.25, 0.3) is 0 Å². The number of hydrogen-bond donors (Lipinski definition) is 2. The van der Waals surface area contributed by atoms with Gasteiger partial charge >= 0.3 is 0 Å². The van der Waals surface area contributed by atoms with Crippen LogP contribution in [-0.4, -0.2) is 21.0 Å². The summed E-state index contributed by atoms with van der Waals surface area (Å²) in [6.07, 6.45) is 4.75. The maximum Gasteiger partial charge on any atom is 0.241 e. The SMILES string of the molecule is CCc1ccc(CNC)cc1S(=O)(=O)NC1(C)CCCC1. The van der Waals surface area contributed by atoms with Gasteiger partial charge in [-0.2, -0.15) is 0 Å². The molecule has 118 valence electrons. The van der Waals surface area contributed by atoms with Gasteiger partial charge in [-0.3, -0.25) is 0 Å². The number of rotatable bonds is 6. The van der Waals surface area contributed by atoms with Crippen molar-refractivity contribution in [3.8, 4) is 0 Å². The van der Waals surface area contributed by atoms with Crippen molar-refractivity contribution in [3.63, 3.8) is 0 Å². The summed E-state index contributed by atoms with van der Waals surface area (Å²) in [5, 5.41) is 3.07. The van der Waals surface area contributed by atoms with Crippen LogP contribution in [0.1, 0.15) is 50.7 Å². The molecule has 5 heteroatoms. The zero-order chi connectivity index (χ0) is 15.5. The third-order valence-corrected chi connectivity index (χ3v) is 5.99. The number of benzene rings is 1. The first-order valence-corrected chi connectivity index (χ1v) is 9.19. The predicted octanol–water partition coefficient (Wildman–Crippen LogP) is 2.58. The van der Waals surface area contributed by atoms with Crippen molar-refractivity contribution in [2.75, 3.05) is 7.05 Å². The summed E-state index contributed by atoms with van der Waals surface area (Å²) in [5.74, 6) is 0. The average molecular weight is 310 g/mol. The number of nitrogens with one attached hydrogen (secondary N) is 2. The topological polar surface area (TPSA) is 58.2 Å². The van der Waals surface area contributed by atoms with Crippen LogP contribution in [-0.2, 0) is 23.0 Å². The third kappa shape index (κ3) is 3.84. The molecule has 0 atom stereocenters. The Balaban J connectivity index is 2.35. The highest BCUT2D eigenvalue weighted by Gasteiger charge is 2.34. The minimum atomic E-state index is -3.46. The lowest BCUT2D eigenvalue weighted by Gasteiger charge is -2.25. The van der Waals surface area contributed by atoms with Crippen LogP contribution in [0, 0.1) is 0 Å². The Hall–Kier alpha value is -0.910. The molecule has 2 rings (SSSR count). The molecule has 1 aromatic carbocycles. The fraction of sp³-hybridized carbons (Fsp3) is 0.625. The second-order valence-corrected chi connectivity index (χ2v) is 7.85. The lowest BCUT2D eigenvalue weighted by Crippen LogP contribution is -2.43. The van der Waals surface area contributed by atoms with E-state index in [4.69, 9.17) is 0 Å². The van der Waals surface area contributed by atoms with E-state index in [0.29, 0.717) is 17.9 Å². The second kappa shape index (κ2) is 6.46. The van der Waals surface area contributed by atoms with E-state index in [1.54, 1.807) is 6.07 Å². The molecule has 21 heavy (non-hydrogen) atoms. The molecule has 0 heterocycles. The van der Waals surface area contributed by atoms with Gasteiger partial charge in [-0.15, -0.1) is 0 Å². The highest BCUT2D eigenvalue weighted by atomic mass is 32.2. The van der Waals surface area contributed by atoms with E-state index < -0.39 is 10.0 Å². The lowest BCUT2D eigenvalue weighted by molar-refractivity contribution is 0.427. The van der Waals surface area contributed by atoms with Crippen molar-refractivity contribution in [2.45, 2.75) is 62.9 Å². The zero-order valence-electron chi connectivity index (χ0n) is 13.2. The van der Waals surface area contributed by atoms with Gasteiger partial charge in [0.1, 0.15) is 0 Å². The first-order valence-electron chi connectivity index (χ1n) is 7.70. The Morgan fingerprint density at radius 2 is 1.90 bits per heavy atom.